The molecule has 0 aliphatic carbocycles. The van der Waals surface area contributed by atoms with E-state index in [0.717, 1.165) is 11.1 Å². The number of carbonyl (C=O) groups is 1. The number of amides is 1. The highest BCUT2D eigenvalue weighted by Crippen LogP contribution is 2.38. The van der Waals surface area contributed by atoms with E-state index >= 15 is 0 Å². The van der Waals surface area contributed by atoms with Crippen LogP contribution in [0.3, 0.4) is 0 Å². The molecular formula is C21H26ClNO5. The zero-order valence-electron chi connectivity index (χ0n) is 16.8. The van der Waals surface area contributed by atoms with Crippen molar-refractivity contribution in [3.8, 4) is 23.0 Å². The van der Waals surface area contributed by atoms with Gasteiger partial charge >= 0.3 is 0 Å². The van der Waals surface area contributed by atoms with Crippen LogP contribution in [0.4, 0.5) is 0 Å². The number of halogens is 1. The van der Waals surface area contributed by atoms with Crippen LogP contribution in [0.25, 0.3) is 0 Å². The Labute approximate surface area is 170 Å². The summed E-state index contributed by atoms with van der Waals surface area (Å²) < 4.78 is 21.8. The maximum atomic E-state index is 12.6. The second kappa shape index (κ2) is 10.1. The molecule has 6 nitrogen and oxygen atoms in total. The monoisotopic (exact) mass is 407 g/mol. The van der Waals surface area contributed by atoms with Crippen LogP contribution < -0.4 is 24.3 Å². The van der Waals surface area contributed by atoms with Gasteiger partial charge in [0.15, 0.2) is 17.6 Å². The average Bonchev–Trinajstić information content (AvgIpc) is 2.71. The molecule has 1 N–H and O–H groups in total. The lowest BCUT2D eigenvalue weighted by atomic mass is 10.1. The molecular weight excluding hydrogens is 382 g/mol. The van der Waals surface area contributed by atoms with E-state index in [0.29, 0.717) is 41.0 Å². The highest BCUT2D eigenvalue weighted by atomic mass is 35.5. The highest BCUT2D eigenvalue weighted by Gasteiger charge is 2.19. The number of aryl methyl sites for hydroxylation is 1. The molecule has 0 saturated carbocycles. The SMILES string of the molecule is CC[C@@H](Oc1ccc(Cl)c(C)c1)C(=O)NCc1cc(OC)c(OC)c(OC)c1. The van der Waals surface area contributed by atoms with E-state index in [-0.39, 0.29) is 5.91 Å². The Morgan fingerprint density at radius 3 is 2.21 bits per heavy atom. The van der Waals surface area contributed by atoms with E-state index in [4.69, 9.17) is 30.5 Å². The predicted molar refractivity (Wildman–Crippen MR) is 109 cm³/mol. The summed E-state index contributed by atoms with van der Waals surface area (Å²) in [6.07, 6.45) is -0.0782. The van der Waals surface area contributed by atoms with Gasteiger partial charge in [-0.2, -0.15) is 0 Å². The second-order valence-electron chi connectivity index (χ2n) is 6.18. The van der Waals surface area contributed by atoms with Crippen LogP contribution in [0, 0.1) is 6.92 Å². The Balaban J connectivity index is 2.07. The largest absolute Gasteiger partial charge is 0.493 e. The Kier molecular flexibility index (Phi) is 7.81. The third-order valence-electron chi connectivity index (χ3n) is 4.26. The van der Waals surface area contributed by atoms with Gasteiger partial charge in [0.1, 0.15) is 5.75 Å². The number of benzene rings is 2. The van der Waals surface area contributed by atoms with Gasteiger partial charge < -0.3 is 24.3 Å². The number of ether oxygens (including phenoxy) is 4. The highest BCUT2D eigenvalue weighted by molar-refractivity contribution is 6.31. The first-order chi connectivity index (χ1) is 13.4. The minimum Gasteiger partial charge on any atom is -0.493 e. The van der Waals surface area contributed by atoms with Gasteiger partial charge in [-0.25, -0.2) is 0 Å². The molecule has 2 aromatic rings. The summed E-state index contributed by atoms with van der Waals surface area (Å²) in [7, 11) is 4.65. The number of nitrogens with one attached hydrogen (secondary N) is 1. The van der Waals surface area contributed by atoms with Crippen LogP contribution in [0.1, 0.15) is 24.5 Å². The van der Waals surface area contributed by atoms with Crippen molar-refractivity contribution in [3.05, 3.63) is 46.5 Å². The van der Waals surface area contributed by atoms with E-state index in [1.807, 2.05) is 19.9 Å². The third-order valence-corrected chi connectivity index (χ3v) is 4.69. The lowest BCUT2D eigenvalue weighted by Crippen LogP contribution is -2.37. The first-order valence-corrected chi connectivity index (χ1v) is 9.30. The van der Waals surface area contributed by atoms with Gasteiger partial charge in [-0.15, -0.1) is 0 Å². The summed E-state index contributed by atoms with van der Waals surface area (Å²) in [4.78, 5) is 12.6. The Morgan fingerprint density at radius 1 is 1.07 bits per heavy atom. The van der Waals surface area contributed by atoms with Crippen molar-refractivity contribution in [3.63, 3.8) is 0 Å². The Morgan fingerprint density at radius 2 is 1.71 bits per heavy atom. The number of hydrogen-bond donors (Lipinski definition) is 1. The molecule has 0 saturated heterocycles. The van der Waals surface area contributed by atoms with Crippen molar-refractivity contribution in [2.45, 2.75) is 32.9 Å². The van der Waals surface area contributed by atoms with E-state index in [1.165, 1.54) is 0 Å². The van der Waals surface area contributed by atoms with Gasteiger partial charge in [-0.05, 0) is 54.8 Å². The molecule has 0 spiro atoms. The lowest BCUT2D eigenvalue weighted by Gasteiger charge is -2.18. The van der Waals surface area contributed by atoms with Crippen molar-refractivity contribution in [1.29, 1.82) is 0 Å². The third kappa shape index (κ3) is 5.23. The van der Waals surface area contributed by atoms with Crippen molar-refractivity contribution >= 4 is 17.5 Å². The lowest BCUT2D eigenvalue weighted by molar-refractivity contribution is -0.128. The fourth-order valence-electron chi connectivity index (χ4n) is 2.72. The Bertz CT molecular complexity index is 799. The first kappa shape index (κ1) is 21.7. The molecule has 152 valence electrons. The van der Waals surface area contributed by atoms with Crippen molar-refractivity contribution < 1.29 is 23.7 Å². The van der Waals surface area contributed by atoms with Gasteiger partial charge in [0.2, 0.25) is 5.75 Å². The van der Waals surface area contributed by atoms with Crippen molar-refractivity contribution in [2.75, 3.05) is 21.3 Å². The molecule has 0 unspecified atom stereocenters. The molecule has 0 fully saturated rings. The van der Waals surface area contributed by atoms with Crippen LogP contribution in [0.15, 0.2) is 30.3 Å². The summed E-state index contributed by atoms with van der Waals surface area (Å²) in [6.45, 7) is 4.09. The molecule has 2 rings (SSSR count). The number of rotatable bonds is 9. The molecule has 2 aromatic carbocycles. The van der Waals surface area contributed by atoms with Gasteiger partial charge in [-0.1, -0.05) is 18.5 Å². The topological polar surface area (TPSA) is 66.0 Å². The van der Waals surface area contributed by atoms with Crippen LogP contribution in [0.5, 0.6) is 23.0 Å². The summed E-state index contributed by atoms with van der Waals surface area (Å²) >= 11 is 6.04. The minimum absolute atomic E-state index is 0.205. The number of hydrogen-bond acceptors (Lipinski definition) is 5. The predicted octanol–water partition coefficient (Wildman–Crippen LogP) is 4.15. The summed E-state index contributed by atoms with van der Waals surface area (Å²) in [6, 6.07) is 8.92. The zero-order valence-corrected chi connectivity index (χ0v) is 17.6. The van der Waals surface area contributed by atoms with E-state index in [9.17, 15) is 4.79 Å². The summed E-state index contributed by atoms with van der Waals surface area (Å²) in [5.41, 5.74) is 1.71. The second-order valence-corrected chi connectivity index (χ2v) is 6.58. The molecule has 7 heteroatoms. The van der Waals surface area contributed by atoms with Crippen LogP contribution in [-0.2, 0) is 11.3 Å². The van der Waals surface area contributed by atoms with Gasteiger partial charge in [0.25, 0.3) is 5.91 Å². The molecule has 0 aromatic heterocycles. The summed E-state index contributed by atoms with van der Waals surface area (Å²) in [5.74, 6) is 1.98. The molecule has 0 aliphatic rings. The van der Waals surface area contributed by atoms with Crippen LogP contribution in [0.2, 0.25) is 5.02 Å². The Hall–Kier alpha value is -2.60. The van der Waals surface area contributed by atoms with Gasteiger partial charge in [0.05, 0.1) is 21.3 Å². The number of methoxy groups -OCH3 is 3. The maximum absolute atomic E-state index is 12.6. The smallest absolute Gasteiger partial charge is 0.261 e. The molecule has 0 radical (unpaired) electrons. The van der Waals surface area contributed by atoms with Crippen molar-refractivity contribution in [2.24, 2.45) is 0 Å². The fourth-order valence-corrected chi connectivity index (χ4v) is 2.84. The molecule has 0 bridgehead atoms. The fraction of sp³-hybridized carbons (Fsp3) is 0.381. The quantitative estimate of drug-likeness (QED) is 0.676. The standard InChI is InChI=1S/C21H26ClNO5/c1-6-17(28-15-7-8-16(22)13(2)9-15)21(24)23-12-14-10-18(25-3)20(27-5)19(11-14)26-4/h7-11,17H,6,12H2,1-5H3,(H,23,24)/t17-/m1/s1. The first-order valence-electron chi connectivity index (χ1n) is 8.92. The normalized spacial score (nSPS) is 11.5. The average molecular weight is 408 g/mol. The number of carbonyl (C=O) groups excluding carboxylic acids is 1. The van der Waals surface area contributed by atoms with Gasteiger partial charge in [-0.3, -0.25) is 4.79 Å². The molecule has 1 atom stereocenters. The maximum Gasteiger partial charge on any atom is 0.261 e. The van der Waals surface area contributed by atoms with Crippen LogP contribution >= 0.6 is 11.6 Å². The summed E-state index contributed by atoms with van der Waals surface area (Å²) in [5, 5.41) is 3.55. The molecule has 0 aliphatic heterocycles. The zero-order chi connectivity index (χ0) is 20.7. The van der Waals surface area contributed by atoms with E-state index < -0.39 is 6.10 Å². The van der Waals surface area contributed by atoms with Gasteiger partial charge in [0, 0.05) is 11.6 Å². The van der Waals surface area contributed by atoms with E-state index in [2.05, 4.69) is 5.32 Å². The van der Waals surface area contributed by atoms with Crippen LogP contribution in [-0.4, -0.2) is 33.3 Å². The molecule has 0 heterocycles. The molecule has 28 heavy (non-hydrogen) atoms. The van der Waals surface area contributed by atoms with Crippen molar-refractivity contribution in [1.82, 2.24) is 5.32 Å². The molecule has 1 amide bonds. The minimum atomic E-state index is -0.609. The van der Waals surface area contributed by atoms with E-state index in [1.54, 1.807) is 45.6 Å².